The molecule has 0 saturated heterocycles. The van der Waals surface area contributed by atoms with Crippen molar-refractivity contribution < 1.29 is 0 Å². The van der Waals surface area contributed by atoms with Gasteiger partial charge in [0.25, 0.3) is 0 Å². The van der Waals surface area contributed by atoms with E-state index >= 15 is 0 Å². The summed E-state index contributed by atoms with van der Waals surface area (Å²) in [6, 6.07) is 18.8. The lowest BCUT2D eigenvalue weighted by Gasteiger charge is -2.04. The van der Waals surface area contributed by atoms with Gasteiger partial charge in [0.05, 0.1) is 17.6 Å². The second-order valence-electron chi connectivity index (χ2n) is 4.49. The highest BCUT2D eigenvalue weighted by Gasteiger charge is 2.01. The molecule has 3 rings (SSSR count). The molecule has 2 nitrogen and oxygen atoms in total. The number of nitrogens with zero attached hydrogens (tertiary/aromatic N) is 2. The topological polar surface area (TPSA) is 25.8 Å². The van der Waals surface area contributed by atoms with Gasteiger partial charge in [-0.05, 0) is 18.1 Å². The first kappa shape index (κ1) is 11.6. The van der Waals surface area contributed by atoms with Gasteiger partial charge in [0.1, 0.15) is 0 Å². The van der Waals surface area contributed by atoms with Gasteiger partial charge in [-0.2, -0.15) is 0 Å². The van der Waals surface area contributed by atoms with Crippen LogP contribution in [0.2, 0.25) is 0 Å². The first-order valence-corrected chi connectivity index (χ1v) is 6.27. The van der Waals surface area contributed by atoms with E-state index in [1.807, 2.05) is 13.0 Å². The molecule has 0 fully saturated rings. The zero-order valence-corrected chi connectivity index (χ0v) is 10.7. The molecule has 0 amide bonds. The molecule has 0 atom stereocenters. The molecule has 0 saturated carbocycles. The molecule has 0 aliphatic carbocycles. The molecule has 0 aliphatic rings. The van der Waals surface area contributed by atoms with E-state index in [1.165, 1.54) is 11.1 Å². The zero-order chi connectivity index (χ0) is 13.1. The Hall–Kier alpha value is -2.48. The molecule has 92 valence electrons. The van der Waals surface area contributed by atoms with Crippen molar-refractivity contribution in [1.82, 2.24) is 9.97 Å². The number of hydrogen-bond acceptors (Lipinski definition) is 2. The second-order valence-corrected chi connectivity index (χ2v) is 4.49. The van der Waals surface area contributed by atoms with E-state index < -0.39 is 0 Å². The van der Waals surface area contributed by atoms with Crippen molar-refractivity contribution >= 4 is 0 Å². The summed E-state index contributed by atoms with van der Waals surface area (Å²) in [7, 11) is 0. The van der Waals surface area contributed by atoms with Crippen LogP contribution in [0.4, 0.5) is 0 Å². The first-order valence-electron chi connectivity index (χ1n) is 6.27. The summed E-state index contributed by atoms with van der Waals surface area (Å²) in [4.78, 5) is 8.66. The van der Waals surface area contributed by atoms with Crippen LogP contribution in [0.25, 0.3) is 22.4 Å². The SMILES string of the molecule is Cc1cncc(-c2ccc(-c3ccccc3)cc2)n1. The minimum absolute atomic E-state index is 0.916. The highest BCUT2D eigenvalue weighted by atomic mass is 14.8. The van der Waals surface area contributed by atoms with Crippen molar-refractivity contribution in [3.63, 3.8) is 0 Å². The Labute approximate surface area is 112 Å². The van der Waals surface area contributed by atoms with Crippen molar-refractivity contribution in [2.75, 3.05) is 0 Å². The third-order valence-electron chi connectivity index (χ3n) is 3.04. The van der Waals surface area contributed by atoms with Crippen LogP contribution in [0, 0.1) is 6.92 Å². The minimum atomic E-state index is 0.916. The Morgan fingerprint density at radius 1 is 0.684 bits per heavy atom. The molecule has 0 aliphatic heterocycles. The van der Waals surface area contributed by atoms with Gasteiger partial charge in [-0.25, -0.2) is 4.98 Å². The Bertz CT molecular complexity index is 673. The van der Waals surface area contributed by atoms with Crippen LogP contribution < -0.4 is 0 Å². The molecule has 0 bridgehead atoms. The number of benzene rings is 2. The van der Waals surface area contributed by atoms with Gasteiger partial charge in [-0.1, -0.05) is 54.6 Å². The summed E-state index contributed by atoms with van der Waals surface area (Å²) in [6.45, 7) is 1.95. The molecule has 19 heavy (non-hydrogen) atoms. The molecule has 1 aromatic heterocycles. The van der Waals surface area contributed by atoms with Gasteiger partial charge in [0.15, 0.2) is 0 Å². The molecule has 0 spiro atoms. The van der Waals surface area contributed by atoms with Crippen molar-refractivity contribution in [3.05, 3.63) is 72.7 Å². The monoisotopic (exact) mass is 246 g/mol. The van der Waals surface area contributed by atoms with Crippen LogP contribution in [-0.4, -0.2) is 9.97 Å². The average molecular weight is 246 g/mol. The first-order chi connectivity index (χ1) is 9.33. The fourth-order valence-electron chi connectivity index (χ4n) is 2.07. The maximum atomic E-state index is 4.48. The zero-order valence-electron chi connectivity index (χ0n) is 10.7. The van der Waals surface area contributed by atoms with E-state index in [0.717, 1.165) is 17.0 Å². The summed E-state index contributed by atoms with van der Waals surface area (Å²) in [5.41, 5.74) is 5.38. The molecule has 0 N–H and O–H groups in total. The summed E-state index contributed by atoms with van der Waals surface area (Å²) in [5.74, 6) is 0. The fraction of sp³-hybridized carbons (Fsp3) is 0.0588. The van der Waals surface area contributed by atoms with Gasteiger partial charge in [-0.15, -0.1) is 0 Å². The van der Waals surface area contributed by atoms with Crippen LogP contribution in [-0.2, 0) is 0 Å². The van der Waals surface area contributed by atoms with Gasteiger partial charge >= 0.3 is 0 Å². The minimum Gasteiger partial charge on any atom is -0.261 e. The lowest BCUT2D eigenvalue weighted by molar-refractivity contribution is 1.12. The Morgan fingerprint density at radius 2 is 1.32 bits per heavy atom. The standard InChI is InChI=1S/C17H14N2/c1-13-11-18-12-17(19-13)16-9-7-15(8-10-16)14-5-3-2-4-6-14/h2-12H,1H3. The highest BCUT2D eigenvalue weighted by Crippen LogP contribution is 2.23. The van der Waals surface area contributed by atoms with Crippen LogP contribution in [0.15, 0.2) is 67.0 Å². The van der Waals surface area contributed by atoms with Crippen LogP contribution in [0.5, 0.6) is 0 Å². The summed E-state index contributed by atoms with van der Waals surface area (Å²) >= 11 is 0. The van der Waals surface area contributed by atoms with Crippen LogP contribution >= 0.6 is 0 Å². The van der Waals surface area contributed by atoms with E-state index in [-0.39, 0.29) is 0 Å². The van der Waals surface area contributed by atoms with Gasteiger partial charge in [0.2, 0.25) is 0 Å². The number of aromatic nitrogens is 2. The average Bonchev–Trinajstić information content (AvgIpc) is 2.48. The summed E-state index contributed by atoms with van der Waals surface area (Å²) in [6.07, 6.45) is 3.56. The molecule has 2 heteroatoms. The van der Waals surface area contributed by atoms with E-state index in [1.54, 1.807) is 12.4 Å². The van der Waals surface area contributed by atoms with E-state index in [0.29, 0.717) is 0 Å². The predicted octanol–water partition coefficient (Wildman–Crippen LogP) is 4.12. The van der Waals surface area contributed by atoms with E-state index in [4.69, 9.17) is 0 Å². The number of aryl methyl sites for hydroxylation is 1. The van der Waals surface area contributed by atoms with Crippen molar-refractivity contribution in [1.29, 1.82) is 0 Å². The molecule has 1 heterocycles. The quantitative estimate of drug-likeness (QED) is 0.679. The van der Waals surface area contributed by atoms with E-state index in [2.05, 4.69) is 58.5 Å². The van der Waals surface area contributed by atoms with E-state index in [9.17, 15) is 0 Å². The number of rotatable bonds is 2. The van der Waals surface area contributed by atoms with Crippen molar-refractivity contribution in [3.8, 4) is 22.4 Å². The predicted molar refractivity (Wildman–Crippen MR) is 77.6 cm³/mol. The lowest BCUT2D eigenvalue weighted by atomic mass is 10.0. The molecule has 0 radical (unpaired) electrons. The fourth-order valence-corrected chi connectivity index (χ4v) is 2.07. The third-order valence-corrected chi connectivity index (χ3v) is 3.04. The van der Waals surface area contributed by atoms with Crippen molar-refractivity contribution in [2.24, 2.45) is 0 Å². The molecule has 0 unspecified atom stereocenters. The molecule has 2 aromatic carbocycles. The highest BCUT2D eigenvalue weighted by molar-refractivity contribution is 5.68. The van der Waals surface area contributed by atoms with Gasteiger partial charge in [0, 0.05) is 11.8 Å². The van der Waals surface area contributed by atoms with Gasteiger partial charge in [-0.3, -0.25) is 4.98 Å². The molecular formula is C17H14N2. The Morgan fingerprint density at radius 3 is 2.00 bits per heavy atom. The Balaban J connectivity index is 1.95. The summed E-state index contributed by atoms with van der Waals surface area (Å²) < 4.78 is 0. The second kappa shape index (κ2) is 5.02. The molecule has 3 aromatic rings. The molecular weight excluding hydrogens is 232 g/mol. The largest absolute Gasteiger partial charge is 0.261 e. The Kier molecular flexibility index (Phi) is 3.07. The smallest absolute Gasteiger partial charge is 0.0888 e. The van der Waals surface area contributed by atoms with Crippen molar-refractivity contribution in [2.45, 2.75) is 6.92 Å². The maximum Gasteiger partial charge on any atom is 0.0888 e. The third kappa shape index (κ3) is 2.52. The van der Waals surface area contributed by atoms with Gasteiger partial charge < -0.3 is 0 Å². The van der Waals surface area contributed by atoms with Crippen LogP contribution in [0.1, 0.15) is 5.69 Å². The lowest BCUT2D eigenvalue weighted by Crippen LogP contribution is -1.88. The maximum absolute atomic E-state index is 4.48. The normalized spacial score (nSPS) is 10.4. The number of hydrogen-bond donors (Lipinski definition) is 0. The summed E-state index contributed by atoms with van der Waals surface area (Å²) in [5, 5.41) is 0. The van der Waals surface area contributed by atoms with Crippen LogP contribution in [0.3, 0.4) is 0 Å².